The smallest absolute Gasteiger partial charge is 0.140 e. The summed E-state index contributed by atoms with van der Waals surface area (Å²) in [4.78, 5) is 14.0. The van der Waals surface area contributed by atoms with Crippen molar-refractivity contribution in [3.63, 3.8) is 0 Å². The van der Waals surface area contributed by atoms with Crippen LogP contribution < -0.4 is 4.90 Å². The van der Waals surface area contributed by atoms with Gasteiger partial charge in [-0.1, -0.05) is 36.4 Å². The molecule has 0 amide bonds. The molecule has 4 rings (SSSR count). The first-order chi connectivity index (χ1) is 12.2. The van der Waals surface area contributed by atoms with Crippen molar-refractivity contribution in [3.8, 4) is 0 Å². The summed E-state index contributed by atoms with van der Waals surface area (Å²) < 4.78 is 0. The summed E-state index contributed by atoms with van der Waals surface area (Å²) in [6.45, 7) is 9.49. The minimum absolute atomic E-state index is 1.01. The van der Waals surface area contributed by atoms with Gasteiger partial charge in [0.05, 0.1) is 5.52 Å². The van der Waals surface area contributed by atoms with E-state index in [0.29, 0.717) is 0 Å². The van der Waals surface area contributed by atoms with E-state index in [9.17, 15) is 0 Å². The molecule has 1 fully saturated rings. The zero-order valence-electron chi connectivity index (χ0n) is 14.9. The molecular formula is C21H24N4. The summed E-state index contributed by atoms with van der Waals surface area (Å²) in [5.41, 5.74) is 5.01. The van der Waals surface area contributed by atoms with E-state index < -0.39 is 0 Å². The third kappa shape index (κ3) is 3.22. The minimum Gasteiger partial charge on any atom is -0.353 e. The molecule has 0 N–H and O–H groups in total. The quantitative estimate of drug-likeness (QED) is 0.734. The number of hydrogen-bond acceptors (Lipinski definition) is 4. The van der Waals surface area contributed by atoms with E-state index in [0.717, 1.165) is 44.1 Å². The van der Waals surface area contributed by atoms with Crippen molar-refractivity contribution < 1.29 is 0 Å². The van der Waals surface area contributed by atoms with Crippen LogP contribution in [0, 0.1) is 13.8 Å². The third-order valence-corrected chi connectivity index (χ3v) is 5.24. The second-order valence-electron chi connectivity index (χ2n) is 6.85. The largest absolute Gasteiger partial charge is 0.353 e. The van der Waals surface area contributed by atoms with Crippen LogP contribution in [0.15, 0.2) is 48.8 Å². The van der Waals surface area contributed by atoms with Crippen LogP contribution in [0.1, 0.15) is 16.7 Å². The van der Waals surface area contributed by atoms with Crippen molar-refractivity contribution in [1.29, 1.82) is 0 Å². The van der Waals surface area contributed by atoms with E-state index in [-0.39, 0.29) is 0 Å². The highest BCUT2D eigenvalue weighted by molar-refractivity contribution is 5.93. The lowest BCUT2D eigenvalue weighted by Gasteiger charge is -2.36. The lowest BCUT2D eigenvalue weighted by atomic mass is 10.0. The maximum Gasteiger partial charge on any atom is 0.140 e. The molecule has 128 valence electrons. The van der Waals surface area contributed by atoms with E-state index in [1.54, 1.807) is 6.33 Å². The highest BCUT2D eigenvalue weighted by Crippen LogP contribution is 2.28. The summed E-state index contributed by atoms with van der Waals surface area (Å²) in [7, 11) is 0. The third-order valence-electron chi connectivity index (χ3n) is 5.24. The maximum atomic E-state index is 4.64. The number of rotatable bonds is 3. The Balaban J connectivity index is 1.53. The Morgan fingerprint density at radius 2 is 1.64 bits per heavy atom. The Morgan fingerprint density at radius 3 is 2.40 bits per heavy atom. The van der Waals surface area contributed by atoms with Crippen molar-refractivity contribution in [1.82, 2.24) is 14.9 Å². The van der Waals surface area contributed by atoms with Crippen LogP contribution in [0.2, 0.25) is 0 Å². The van der Waals surface area contributed by atoms with Gasteiger partial charge >= 0.3 is 0 Å². The predicted molar refractivity (Wildman–Crippen MR) is 103 cm³/mol. The van der Waals surface area contributed by atoms with Gasteiger partial charge in [-0.2, -0.15) is 0 Å². The van der Waals surface area contributed by atoms with Gasteiger partial charge in [-0.05, 0) is 36.6 Å². The lowest BCUT2D eigenvalue weighted by Crippen LogP contribution is -2.46. The van der Waals surface area contributed by atoms with Gasteiger partial charge in [0, 0.05) is 38.1 Å². The molecule has 4 nitrogen and oxygen atoms in total. The van der Waals surface area contributed by atoms with Gasteiger partial charge in [-0.25, -0.2) is 9.97 Å². The number of benzene rings is 2. The molecule has 3 aromatic rings. The first-order valence-electron chi connectivity index (χ1n) is 8.94. The molecule has 0 spiro atoms. The van der Waals surface area contributed by atoms with Crippen LogP contribution >= 0.6 is 0 Å². The van der Waals surface area contributed by atoms with Crippen molar-refractivity contribution in [3.05, 3.63) is 65.5 Å². The fourth-order valence-electron chi connectivity index (χ4n) is 3.60. The molecule has 2 heterocycles. The topological polar surface area (TPSA) is 32.3 Å². The van der Waals surface area contributed by atoms with Crippen LogP contribution in [-0.2, 0) is 6.54 Å². The van der Waals surface area contributed by atoms with Crippen LogP contribution in [0.25, 0.3) is 10.9 Å². The van der Waals surface area contributed by atoms with Crippen molar-refractivity contribution in [2.45, 2.75) is 20.4 Å². The molecule has 1 aromatic heterocycles. The van der Waals surface area contributed by atoms with E-state index >= 15 is 0 Å². The van der Waals surface area contributed by atoms with Crippen molar-refractivity contribution >= 4 is 16.7 Å². The SMILES string of the molecule is Cc1ccc2ncnc(N3CCN(Cc4ccccc4)CC3)c2c1C. The van der Waals surface area contributed by atoms with Crippen molar-refractivity contribution in [2.75, 3.05) is 31.1 Å². The molecule has 2 aromatic carbocycles. The zero-order valence-corrected chi connectivity index (χ0v) is 14.9. The van der Waals surface area contributed by atoms with Crippen LogP contribution in [0.4, 0.5) is 5.82 Å². The van der Waals surface area contributed by atoms with E-state index in [1.165, 1.54) is 22.1 Å². The molecule has 0 unspecified atom stereocenters. The summed E-state index contributed by atoms with van der Waals surface area (Å²) in [6, 6.07) is 15.0. The second-order valence-corrected chi connectivity index (χ2v) is 6.85. The summed E-state index contributed by atoms with van der Waals surface area (Å²) in [5, 5.41) is 1.21. The van der Waals surface area contributed by atoms with E-state index in [4.69, 9.17) is 0 Å². The number of hydrogen-bond donors (Lipinski definition) is 0. The number of aromatic nitrogens is 2. The lowest BCUT2D eigenvalue weighted by molar-refractivity contribution is 0.249. The standard InChI is InChI=1S/C21H24N4/c1-16-8-9-19-20(17(16)2)21(23-15-22-19)25-12-10-24(11-13-25)14-18-6-4-3-5-7-18/h3-9,15H,10-14H2,1-2H3. The first kappa shape index (κ1) is 16.0. The molecule has 0 aliphatic carbocycles. The Morgan fingerprint density at radius 1 is 0.880 bits per heavy atom. The molecule has 1 aliphatic heterocycles. The highest BCUT2D eigenvalue weighted by Gasteiger charge is 2.21. The maximum absolute atomic E-state index is 4.64. The van der Waals surface area contributed by atoms with Gasteiger partial charge in [0.15, 0.2) is 0 Å². The fourth-order valence-corrected chi connectivity index (χ4v) is 3.60. The Bertz CT molecular complexity index is 868. The number of piperazine rings is 1. The average molecular weight is 332 g/mol. The van der Waals surface area contributed by atoms with Gasteiger partial charge in [0.2, 0.25) is 0 Å². The van der Waals surface area contributed by atoms with Gasteiger partial charge in [-0.15, -0.1) is 0 Å². The van der Waals surface area contributed by atoms with E-state index in [1.807, 2.05) is 0 Å². The summed E-state index contributed by atoms with van der Waals surface area (Å²) in [6.07, 6.45) is 1.70. The monoisotopic (exact) mass is 332 g/mol. The number of fused-ring (bicyclic) bond motifs is 1. The molecule has 1 aliphatic rings. The molecule has 0 radical (unpaired) electrons. The summed E-state index contributed by atoms with van der Waals surface area (Å²) in [5.74, 6) is 1.09. The molecule has 0 bridgehead atoms. The average Bonchev–Trinajstić information content (AvgIpc) is 2.66. The van der Waals surface area contributed by atoms with Crippen LogP contribution in [-0.4, -0.2) is 41.0 Å². The van der Waals surface area contributed by atoms with Gasteiger partial charge in [0.25, 0.3) is 0 Å². The fraction of sp³-hybridized carbons (Fsp3) is 0.333. The van der Waals surface area contributed by atoms with Gasteiger partial charge in [-0.3, -0.25) is 4.90 Å². The second kappa shape index (κ2) is 6.81. The predicted octanol–water partition coefficient (Wildman–Crippen LogP) is 3.57. The Hall–Kier alpha value is -2.46. The minimum atomic E-state index is 1.01. The molecule has 1 saturated heterocycles. The highest BCUT2D eigenvalue weighted by atomic mass is 15.3. The molecule has 0 atom stereocenters. The zero-order chi connectivity index (χ0) is 17.2. The van der Waals surface area contributed by atoms with Crippen LogP contribution in [0.5, 0.6) is 0 Å². The van der Waals surface area contributed by atoms with Crippen molar-refractivity contribution in [2.24, 2.45) is 0 Å². The number of anilines is 1. The summed E-state index contributed by atoms with van der Waals surface area (Å²) >= 11 is 0. The van der Waals surface area contributed by atoms with Crippen LogP contribution in [0.3, 0.4) is 0 Å². The molecule has 25 heavy (non-hydrogen) atoms. The molecule has 0 saturated carbocycles. The number of nitrogens with zero attached hydrogens (tertiary/aromatic N) is 4. The first-order valence-corrected chi connectivity index (χ1v) is 8.94. The number of aryl methyl sites for hydroxylation is 2. The molecule has 4 heteroatoms. The Kier molecular flexibility index (Phi) is 4.36. The van der Waals surface area contributed by atoms with E-state index in [2.05, 4.69) is 76.1 Å². The van der Waals surface area contributed by atoms with Gasteiger partial charge in [0.1, 0.15) is 12.1 Å². The normalized spacial score (nSPS) is 15.7. The van der Waals surface area contributed by atoms with Gasteiger partial charge < -0.3 is 4.90 Å². The molecular weight excluding hydrogens is 308 g/mol. The Labute approximate surface area is 149 Å².